The number of thiazole rings is 1. The minimum absolute atomic E-state index is 0.180. The van der Waals surface area contributed by atoms with Gasteiger partial charge in [0.1, 0.15) is 5.01 Å². The van der Waals surface area contributed by atoms with Crippen LogP contribution in [0.1, 0.15) is 42.4 Å². The van der Waals surface area contributed by atoms with Gasteiger partial charge in [0.05, 0.1) is 22.8 Å². The summed E-state index contributed by atoms with van der Waals surface area (Å²) < 4.78 is 1.23. The maximum absolute atomic E-state index is 11.9. The molecule has 1 N–H and O–H groups in total. The van der Waals surface area contributed by atoms with Gasteiger partial charge in [0.25, 0.3) is 0 Å². The van der Waals surface area contributed by atoms with E-state index in [2.05, 4.69) is 35.3 Å². The van der Waals surface area contributed by atoms with E-state index in [1.165, 1.54) is 23.1 Å². The Kier molecular flexibility index (Phi) is 4.52. The van der Waals surface area contributed by atoms with E-state index < -0.39 is 0 Å². The maximum Gasteiger partial charge on any atom is 0.236 e. The third-order valence-corrected chi connectivity index (χ3v) is 6.70. The molecule has 5 nitrogen and oxygen atoms in total. The number of carbonyl (C=O) groups excluding carboxylic acids is 1. The minimum Gasteiger partial charge on any atom is -0.343 e. The monoisotopic (exact) mass is 358 g/mol. The number of nitrogens with one attached hydrogen (secondary N) is 1. The van der Waals surface area contributed by atoms with Crippen LogP contribution in [0, 0.1) is 5.92 Å². The van der Waals surface area contributed by atoms with E-state index in [0.29, 0.717) is 19.1 Å². The van der Waals surface area contributed by atoms with E-state index in [9.17, 15) is 4.79 Å². The largest absolute Gasteiger partial charge is 0.343 e. The van der Waals surface area contributed by atoms with E-state index >= 15 is 0 Å². The Labute approximate surface area is 153 Å². The highest BCUT2D eigenvalue weighted by Gasteiger charge is 2.31. The van der Waals surface area contributed by atoms with Crippen molar-refractivity contribution in [1.82, 2.24) is 20.1 Å². The fraction of sp³-hybridized carbons (Fsp3) is 0.579. The van der Waals surface area contributed by atoms with Crippen LogP contribution in [0.15, 0.2) is 18.2 Å². The Morgan fingerprint density at radius 3 is 2.88 bits per heavy atom. The summed E-state index contributed by atoms with van der Waals surface area (Å²) in [4.78, 5) is 20.7. The number of aromatic nitrogens is 1. The van der Waals surface area contributed by atoms with Crippen molar-refractivity contribution in [2.24, 2.45) is 5.92 Å². The lowest BCUT2D eigenvalue weighted by Gasteiger charge is -2.35. The van der Waals surface area contributed by atoms with Crippen molar-refractivity contribution >= 4 is 27.5 Å². The molecule has 0 bridgehead atoms. The number of fused-ring (bicyclic) bond motifs is 1. The van der Waals surface area contributed by atoms with E-state index in [-0.39, 0.29) is 11.9 Å². The first-order chi connectivity index (χ1) is 12.0. The van der Waals surface area contributed by atoms with Crippen LogP contribution in [-0.2, 0) is 4.79 Å². The number of likely N-dealkylation sites (N-methyl/N-ethyl adjacent to an activating group) is 2. The van der Waals surface area contributed by atoms with Gasteiger partial charge in [0.2, 0.25) is 5.91 Å². The molecule has 3 atom stereocenters. The van der Waals surface area contributed by atoms with Crippen molar-refractivity contribution in [3.8, 4) is 0 Å². The van der Waals surface area contributed by atoms with Crippen LogP contribution < -0.4 is 5.32 Å². The smallest absolute Gasteiger partial charge is 0.236 e. The van der Waals surface area contributed by atoms with E-state index in [1.807, 2.05) is 19.0 Å². The Hall–Kier alpha value is -1.50. The van der Waals surface area contributed by atoms with Crippen molar-refractivity contribution in [3.63, 3.8) is 0 Å². The maximum atomic E-state index is 11.9. The lowest BCUT2D eigenvalue weighted by Crippen LogP contribution is -2.48. The summed E-state index contributed by atoms with van der Waals surface area (Å²) in [6, 6.07) is 7.35. The van der Waals surface area contributed by atoms with Crippen LogP contribution in [0.3, 0.4) is 0 Å². The Morgan fingerprint density at radius 1 is 1.28 bits per heavy atom. The summed E-state index contributed by atoms with van der Waals surface area (Å²) in [5.74, 6) is 0.951. The highest BCUT2D eigenvalue weighted by Crippen LogP contribution is 2.34. The SMILES string of the molecule is C[C@H]1CC[C@H](c2ccc3sc(C4CN(C)C(=O)CN4C)nc3c2)NC1. The third-order valence-electron chi connectivity index (χ3n) is 5.57. The van der Waals surface area contributed by atoms with Gasteiger partial charge in [-0.25, -0.2) is 4.98 Å². The molecule has 1 unspecified atom stereocenters. The second kappa shape index (κ2) is 6.67. The predicted octanol–water partition coefficient (Wildman–Crippen LogP) is 2.80. The first-order valence-electron chi connectivity index (χ1n) is 9.09. The van der Waals surface area contributed by atoms with E-state index in [0.717, 1.165) is 23.0 Å². The Balaban J connectivity index is 1.59. The standard InChI is InChI=1S/C19H26N4OS/c1-12-4-6-14(20-9-12)13-5-7-17-15(8-13)21-19(25-17)16-10-23(3)18(24)11-22(16)2/h5,7-8,12,14,16,20H,4,6,9-11H2,1-3H3/t12-,14+,16?/m0/s1. The van der Waals surface area contributed by atoms with Gasteiger partial charge in [-0.2, -0.15) is 0 Å². The van der Waals surface area contributed by atoms with Crippen molar-refractivity contribution in [2.75, 3.05) is 33.7 Å². The number of benzene rings is 1. The zero-order valence-electron chi connectivity index (χ0n) is 15.2. The summed E-state index contributed by atoms with van der Waals surface area (Å²) in [7, 11) is 3.89. The molecule has 2 aliphatic heterocycles. The number of nitrogens with zero attached hydrogens (tertiary/aromatic N) is 3. The van der Waals surface area contributed by atoms with Crippen LogP contribution in [0.5, 0.6) is 0 Å². The van der Waals surface area contributed by atoms with Gasteiger partial charge < -0.3 is 10.2 Å². The second-order valence-electron chi connectivity index (χ2n) is 7.63. The molecule has 25 heavy (non-hydrogen) atoms. The number of hydrogen-bond donors (Lipinski definition) is 1. The van der Waals surface area contributed by atoms with Crippen molar-refractivity contribution in [2.45, 2.75) is 31.8 Å². The number of hydrogen-bond acceptors (Lipinski definition) is 5. The molecule has 1 aromatic heterocycles. The zero-order chi connectivity index (χ0) is 17.6. The molecule has 0 saturated carbocycles. The molecule has 2 aromatic rings. The van der Waals surface area contributed by atoms with Gasteiger partial charge in [0, 0.05) is 19.6 Å². The molecular weight excluding hydrogens is 332 g/mol. The fourth-order valence-electron chi connectivity index (χ4n) is 3.82. The molecule has 1 aromatic carbocycles. The van der Waals surface area contributed by atoms with Crippen LogP contribution >= 0.6 is 11.3 Å². The molecule has 0 aliphatic carbocycles. The number of piperazine rings is 1. The Bertz CT molecular complexity index is 781. The molecule has 0 spiro atoms. The Morgan fingerprint density at radius 2 is 2.12 bits per heavy atom. The lowest BCUT2D eigenvalue weighted by atomic mass is 9.92. The third kappa shape index (κ3) is 3.30. The number of rotatable bonds is 2. The molecule has 1 amide bonds. The van der Waals surface area contributed by atoms with Crippen molar-refractivity contribution in [3.05, 3.63) is 28.8 Å². The van der Waals surface area contributed by atoms with Crippen LogP contribution in [0.4, 0.5) is 0 Å². The summed E-state index contributed by atoms with van der Waals surface area (Å²) in [5.41, 5.74) is 2.44. The highest BCUT2D eigenvalue weighted by molar-refractivity contribution is 7.18. The van der Waals surface area contributed by atoms with Gasteiger partial charge in [-0.1, -0.05) is 13.0 Å². The summed E-state index contributed by atoms with van der Waals surface area (Å²) in [6.07, 6.45) is 2.48. The first-order valence-corrected chi connectivity index (χ1v) is 9.91. The quantitative estimate of drug-likeness (QED) is 0.897. The van der Waals surface area contributed by atoms with Crippen LogP contribution in [-0.4, -0.2) is 54.4 Å². The second-order valence-corrected chi connectivity index (χ2v) is 8.69. The van der Waals surface area contributed by atoms with Crippen LogP contribution in [0.25, 0.3) is 10.2 Å². The number of piperidine rings is 1. The normalized spacial score (nSPS) is 28.7. The average molecular weight is 359 g/mol. The molecule has 2 aliphatic rings. The molecule has 3 heterocycles. The predicted molar refractivity (Wildman–Crippen MR) is 102 cm³/mol. The molecular formula is C19H26N4OS. The van der Waals surface area contributed by atoms with E-state index in [1.54, 1.807) is 11.3 Å². The van der Waals surface area contributed by atoms with Gasteiger partial charge in [-0.05, 0) is 50.0 Å². The summed E-state index contributed by atoms with van der Waals surface area (Å²) >= 11 is 1.76. The zero-order valence-corrected chi connectivity index (χ0v) is 16.0. The highest BCUT2D eigenvalue weighted by atomic mass is 32.1. The minimum atomic E-state index is 0.180. The molecule has 6 heteroatoms. The van der Waals surface area contributed by atoms with Gasteiger partial charge >= 0.3 is 0 Å². The topological polar surface area (TPSA) is 48.5 Å². The molecule has 2 fully saturated rings. The molecule has 134 valence electrons. The molecule has 0 radical (unpaired) electrons. The van der Waals surface area contributed by atoms with Gasteiger partial charge in [-0.3, -0.25) is 9.69 Å². The number of carbonyl (C=O) groups is 1. The number of amides is 1. The van der Waals surface area contributed by atoms with Crippen molar-refractivity contribution in [1.29, 1.82) is 0 Å². The average Bonchev–Trinajstić information content (AvgIpc) is 3.01. The lowest BCUT2D eigenvalue weighted by molar-refractivity contribution is -0.136. The summed E-state index contributed by atoms with van der Waals surface area (Å²) in [6.45, 7) is 4.58. The molecule has 2 saturated heterocycles. The first kappa shape index (κ1) is 16.9. The van der Waals surface area contributed by atoms with Crippen LogP contribution in [0.2, 0.25) is 0 Å². The fourth-order valence-corrected chi connectivity index (χ4v) is 4.92. The van der Waals surface area contributed by atoms with Gasteiger partial charge in [-0.15, -0.1) is 11.3 Å². The van der Waals surface area contributed by atoms with Crippen molar-refractivity contribution < 1.29 is 4.79 Å². The van der Waals surface area contributed by atoms with Gasteiger partial charge in [0.15, 0.2) is 0 Å². The van der Waals surface area contributed by atoms with E-state index in [4.69, 9.17) is 4.98 Å². The summed E-state index contributed by atoms with van der Waals surface area (Å²) in [5, 5.41) is 4.77. The molecule has 4 rings (SSSR count).